The van der Waals surface area contributed by atoms with Gasteiger partial charge in [-0.05, 0) is 131 Å². The Morgan fingerprint density at radius 1 is 0.460 bits per heavy atom. The van der Waals surface area contributed by atoms with Gasteiger partial charge >= 0.3 is 0 Å². The van der Waals surface area contributed by atoms with Crippen LogP contribution in [0.4, 0.5) is 0 Å². The summed E-state index contributed by atoms with van der Waals surface area (Å²) in [6.45, 7) is 4.78. The zero-order chi connectivity index (χ0) is 41.8. The van der Waals surface area contributed by atoms with E-state index in [9.17, 15) is 0 Å². The predicted octanol–water partition coefficient (Wildman–Crippen LogP) is 16.8. The number of thiophene rings is 1. The van der Waals surface area contributed by atoms with Crippen molar-refractivity contribution in [2.24, 2.45) is 0 Å². The Bertz CT molecular complexity index is 3540. The van der Waals surface area contributed by atoms with E-state index in [-0.39, 0.29) is 11.3 Å². The van der Waals surface area contributed by atoms with Gasteiger partial charge in [0.2, 0.25) is 0 Å². The van der Waals surface area contributed by atoms with Crippen molar-refractivity contribution in [3.63, 3.8) is 0 Å². The molecule has 0 spiro atoms. The van der Waals surface area contributed by atoms with Gasteiger partial charge in [-0.2, -0.15) is 0 Å². The summed E-state index contributed by atoms with van der Waals surface area (Å²) in [6, 6.07) is 73.6. The molecule has 0 aliphatic heterocycles. The Labute approximate surface area is 373 Å². The van der Waals surface area contributed by atoms with Gasteiger partial charge in [-0.25, -0.2) is 0 Å². The van der Waals surface area contributed by atoms with Crippen molar-refractivity contribution in [3.05, 3.63) is 239 Å². The topological polar surface area (TPSA) is 0 Å². The van der Waals surface area contributed by atoms with Gasteiger partial charge in [0.25, 0.3) is 0 Å². The van der Waals surface area contributed by atoms with E-state index < -0.39 is 0 Å². The predicted molar refractivity (Wildman–Crippen MR) is 269 cm³/mol. The van der Waals surface area contributed by atoms with E-state index >= 15 is 0 Å². The van der Waals surface area contributed by atoms with Crippen molar-refractivity contribution < 1.29 is 0 Å². The number of benzene rings is 9. The monoisotopic (exact) mass is 820 g/mol. The number of fused-ring (bicyclic) bond motifs is 12. The molecule has 10 aromatic rings. The minimum atomic E-state index is -0.0643. The summed E-state index contributed by atoms with van der Waals surface area (Å²) in [5, 5.41) is 2.70. The van der Waals surface area contributed by atoms with Gasteiger partial charge < -0.3 is 0 Å². The number of hydrogen-bond donors (Lipinski definition) is 0. The summed E-state index contributed by atoms with van der Waals surface area (Å²) in [5.74, 6) is 0.202. The van der Waals surface area contributed by atoms with Crippen LogP contribution < -0.4 is 0 Å². The molecule has 1 heteroatoms. The summed E-state index contributed by atoms with van der Waals surface area (Å²) >= 11 is 1.94. The lowest BCUT2D eigenvalue weighted by Crippen LogP contribution is -2.14. The normalized spacial score (nSPS) is 15.4. The number of rotatable bonds is 4. The van der Waals surface area contributed by atoms with E-state index in [1.54, 1.807) is 0 Å². The average molecular weight is 821 g/mol. The van der Waals surface area contributed by atoms with Crippen LogP contribution in [0.15, 0.2) is 194 Å². The van der Waals surface area contributed by atoms with Crippen molar-refractivity contribution in [1.29, 1.82) is 0 Å². The second kappa shape index (κ2) is 14.0. The number of allylic oxidation sites excluding steroid dienone is 1. The SMILES string of the molecule is CC1(C)c2ccccc2-c2c(-c3cc(C4Cc5cc(-c6ccc7c(c6)CC(c6ccccc6)=Cc6ccccc6-7)ccc5-c5ccccc54)cc4c3sc3ccccc34)cccc21. The largest absolute Gasteiger partial charge is 0.135 e. The quantitative estimate of drug-likeness (QED) is 0.166. The Hall–Kier alpha value is -7.06. The Morgan fingerprint density at radius 2 is 1.13 bits per heavy atom. The zero-order valence-corrected chi connectivity index (χ0v) is 36.3. The molecule has 0 nitrogen and oxygen atoms in total. The molecule has 1 atom stereocenters. The lowest BCUT2D eigenvalue weighted by Gasteiger charge is -2.29. The first kappa shape index (κ1) is 36.6. The molecule has 0 bridgehead atoms. The smallest absolute Gasteiger partial charge is 0.0434 e. The summed E-state index contributed by atoms with van der Waals surface area (Å²) in [5.41, 5.74) is 25.6. The Morgan fingerprint density at radius 3 is 1.98 bits per heavy atom. The Balaban J connectivity index is 0.959. The molecular formula is C62H44S. The number of hydrogen-bond acceptors (Lipinski definition) is 1. The van der Waals surface area contributed by atoms with Crippen molar-refractivity contribution in [2.45, 2.75) is 38.0 Å². The van der Waals surface area contributed by atoms with E-state index in [2.05, 4.69) is 214 Å². The van der Waals surface area contributed by atoms with Gasteiger partial charge in [-0.3, -0.25) is 0 Å². The molecule has 0 radical (unpaired) electrons. The van der Waals surface area contributed by atoms with Crippen LogP contribution in [0.5, 0.6) is 0 Å². The maximum atomic E-state index is 2.57. The highest BCUT2D eigenvalue weighted by Gasteiger charge is 2.37. The standard InChI is InChI=1S/C62H44S/c1-62(2)57-24-12-10-22-53(57)60-52(23-14-25-58(60)62)56-37-45(36-55-51-21-11-13-26-59(51)63-61(55)56)54-35-44-32-40(28-30-48(44)49-19-8-9-20-50(49)54)39-27-29-47-43(31-39)34-42(38-15-4-3-5-16-38)33-41-17-6-7-18-46(41)47/h3-33,36-37,54H,34-35H2,1-2H3. The molecule has 0 N–H and O–H groups in total. The molecular weight excluding hydrogens is 777 g/mol. The van der Waals surface area contributed by atoms with E-state index in [0.717, 1.165) is 12.8 Å². The maximum absolute atomic E-state index is 2.57. The average Bonchev–Trinajstić information content (AvgIpc) is 3.76. The van der Waals surface area contributed by atoms with Gasteiger partial charge in [0.05, 0.1) is 0 Å². The summed E-state index contributed by atoms with van der Waals surface area (Å²) < 4.78 is 2.72. The maximum Gasteiger partial charge on any atom is 0.0434 e. The third kappa shape index (κ3) is 5.66. The first-order valence-corrected chi connectivity index (χ1v) is 23.2. The van der Waals surface area contributed by atoms with Crippen LogP contribution in [0.3, 0.4) is 0 Å². The van der Waals surface area contributed by atoms with Gasteiger partial charge in [-0.1, -0.05) is 196 Å². The Kier molecular flexibility index (Phi) is 8.12. The van der Waals surface area contributed by atoms with E-state index in [1.165, 1.54) is 126 Å². The highest BCUT2D eigenvalue weighted by molar-refractivity contribution is 7.26. The molecule has 3 aliphatic rings. The van der Waals surface area contributed by atoms with E-state index in [0.29, 0.717) is 0 Å². The lowest BCUT2D eigenvalue weighted by molar-refractivity contribution is 0.660. The van der Waals surface area contributed by atoms with Gasteiger partial charge in [0, 0.05) is 37.1 Å². The van der Waals surface area contributed by atoms with Gasteiger partial charge in [0.1, 0.15) is 0 Å². The van der Waals surface area contributed by atoms with Crippen molar-refractivity contribution in [2.75, 3.05) is 0 Å². The zero-order valence-electron chi connectivity index (χ0n) is 35.5. The highest BCUT2D eigenvalue weighted by Crippen LogP contribution is 2.55. The second-order valence-corrected chi connectivity index (χ2v) is 19.4. The molecule has 9 aromatic carbocycles. The van der Waals surface area contributed by atoms with Crippen LogP contribution >= 0.6 is 11.3 Å². The van der Waals surface area contributed by atoms with Crippen LogP contribution in [0.25, 0.3) is 87.5 Å². The minimum absolute atomic E-state index is 0.0643. The molecule has 13 rings (SSSR count). The van der Waals surface area contributed by atoms with Crippen LogP contribution in [-0.2, 0) is 18.3 Å². The van der Waals surface area contributed by atoms with E-state index in [4.69, 9.17) is 0 Å². The van der Waals surface area contributed by atoms with Crippen molar-refractivity contribution >= 4 is 43.2 Å². The molecule has 298 valence electrons. The third-order valence-electron chi connectivity index (χ3n) is 14.5. The third-order valence-corrected chi connectivity index (χ3v) is 15.7. The second-order valence-electron chi connectivity index (χ2n) is 18.3. The van der Waals surface area contributed by atoms with Gasteiger partial charge in [-0.15, -0.1) is 11.3 Å². The van der Waals surface area contributed by atoms with Crippen molar-refractivity contribution in [3.8, 4) is 55.6 Å². The first-order chi connectivity index (χ1) is 31.0. The summed E-state index contributed by atoms with van der Waals surface area (Å²) in [6.07, 6.45) is 4.22. The summed E-state index contributed by atoms with van der Waals surface area (Å²) in [7, 11) is 0. The molecule has 63 heavy (non-hydrogen) atoms. The van der Waals surface area contributed by atoms with Crippen LogP contribution in [-0.4, -0.2) is 0 Å². The molecule has 1 unspecified atom stereocenters. The highest BCUT2D eigenvalue weighted by atomic mass is 32.1. The fourth-order valence-electron chi connectivity index (χ4n) is 11.4. The van der Waals surface area contributed by atoms with E-state index in [1.807, 2.05) is 11.3 Å². The molecule has 0 fully saturated rings. The summed E-state index contributed by atoms with van der Waals surface area (Å²) in [4.78, 5) is 0. The fourth-order valence-corrected chi connectivity index (χ4v) is 12.7. The minimum Gasteiger partial charge on any atom is -0.135 e. The van der Waals surface area contributed by atoms with Crippen LogP contribution in [0.2, 0.25) is 0 Å². The van der Waals surface area contributed by atoms with Gasteiger partial charge in [0.15, 0.2) is 0 Å². The molecule has 1 aromatic heterocycles. The molecule has 0 saturated heterocycles. The van der Waals surface area contributed by atoms with Crippen LogP contribution in [0, 0.1) is 0 Å². The first-order valence-electron chi connectivity index (χ1n) is 22.4. The van der Waals surface area contributed by atoms with Crippen LogP contribution in [0.1, 0.15) is 64.3 Å². The fraction of sp³-hybridized carbons (Fsp3) is 0.0968. The van der Waals surface area contributed by atoms with Crippen molar-refractivity contribution in [1.82, 2.24) is 0 Å². The lowest BCUT2D eigenvalue weighted by atomic mass is 9.74. The molecule has 0 saturated carbocycles. The molecule has 1 heterocycles. The molecule has 3 aliphatic carbocycles. The molecule has 0 amide bonds.